The largest absolute Gasteiger partial charge is 0.465 e. The molecule has 0 aliphatic carbocycles. The Hall–Kier alpha value is -0.610. The Bertz CT molecular complexity index is 209. The number of likely N-dealkylation sites (N-methyl/N-ethyl adjacent to an activating group) is 1. The first-order valence-electron chi connectivity index (χ1n) is 5.80. The first-order valence-corrected chi connectivity index (χ1v) is 5.80. The van der Waals surface area contributed by atoms with E-state index in [9.17, 15) is 4.79 Å². The lowest BCUT2D eigenvalue weighted by Gasteiger charge is -2.24. The maximum absolute atomic E-state index is 11.7. The average molecular weight is 214 g/mol. The lowest BCUT2D eigenvalue weighted by Crippen LogP contribution is -2.42. The van der Waals surface area contributed by atoms with Crippen molar-refractivity contribution in [2.24, 2.45) is 0 Å². The lowest BCUT2D eigenvalue weighted by atomic mass is 10.2. The van der Waals surface area contributed by atoms with Crippen LogP contribution in [0, 0.1) is 0 Å². The lowest BCUT2D eigenvalue weighted by molar-refractivity contribution is -0.149. The minimum atomic E-state index is -0.0725. The summed E-state index contributed by atoms with van der Waals surface area (Å²) in [6, 6.07) is 0.469. The van der Waals surface area contributed by atoms with Crippen LogP contribution in [0.4, 0.5) is 0 Å². The van der Waals surface area contributed by atoms with Gasteiger partial charge in [0.05, 0.1) is 6.61 Å². The van der Waals surface area contributed by atoms with Crippen molar-refractivity contribution >= 4 is 5.97 Å². The topological polar surface area (TPSA) is 41.6 Å². The minimum absolute atomic E-state index is 0.0525. The summed E-state index contributed by atoms with van der Waals surface area (Å²) in [5.74, 6) is -0.0725. The first-order chi connectivity index (χ1) is 7.22. The zero-order chi connectivity index (χ0) is 11.3. The molecule has 2 unspecified atom stereocenters. The molecule has 1 fully saturated rings. The molecule has 1 rings (SSSR count). The van der Waals surface area contributed by atoms with Gasteiger partial charge in [-0.05, 0) is 26.8 Å². The highest BCUT2D eigenvalue weighted by molar-refractivity contribution is 5.75. The first kappa shape index (κ1) is 12.5. The molecule has 4 nitrogen and oxygen atoms in total. The molecule has 0 aromatic rings. The van der Waals surface area contributed by atoms with E-state index < -0.39 is 0 Å². The van der Waals surface area contributed by atoms with Gasteiger partial charge in [-0.3, -0.25) is 9.69 Å². The Morgan fingerprint density at radius 3 is 2.80 bits per heavy atom. The third-order valence-electron chi connectivity index (χ3n) is 3.01. The molecule has 88 valence electrons. The van der Waals surface area contributed by atoms with Crippen molar-refractivity contribution in [1.82, 2.24) is 10.2 Å². The van der Waals surface area contributed by atoms with Crippen molar-refractivity contribution in [3.05, 3.63) is 0 Å². The number of rotatable bonds is 5. The van der Waals surface area contributed by atoms with E-state index in [1.54, 1.807) is 0 Å². The highest BCUT2D eigenvalue weighted by atomic mass is 16.5. The molecule has 4 heteroatoms. The quantitative estimate of drug-likeness (QED) is 0.681. The summed E-state index contributed by atoms with van der Waals surface area (Å²) in [5.41, 5.74) is 0. The number of hydrogen-bond donors (Lipinski definition) is 1. The molecule has 0 saturated carbocycles. The molecule has 0 spiro atoms. The summed E-state index contributed by atoms with van der Waals surface area (Å²) in [5, 5.41) is 3.25. The highest BCUT2D eigenvalue weighted by Gasteiger charge is 2.31. The molecule has 1 aliphatic rings. The molecule has 15 heavy (non-hydrogen) atoms. The molecule has 0 aromatic carbocycles. The van der Waals surface area contributed by atoms with Gasteiger partial charge >= 0.3 is 5.97 Å². The number of esters is 1. The van der Waals surface area contributed by atoms with Crippen LogP contribution in [0.15, 0.2) is 0 Å². The van der Waals surface area contributed by atoms with E-state index in [-0.39, 0.29) is 12.0 Å². The van der Waals surface area contributed by atoms with Crippen molar-refractivity contribution in [1.29, 1.82) is 0 Å². The number of hydrogen-bond acceptors (Lipinski definition) is 4. The predicted molar refractivity (Wildman–Crippen MR) is 59.7 cm³/mol. The number of ether oxygens (including phenoxy) is 1. The second-order valence-corrected chi connectivity index (χ2v) is 3.95. The SMILES string of the molecule is CCOC(=O)C(CC)N1CCC(NC)C1. The van der Waals surface area contributed by atoms with Crippen LogP contribution in [0.25, 0.3) is 0 Å². The Labute approximate surface area is 92.0 Å². The van der Waals surface area contributed by atoms with Gasteiger partial charge in [0.2, 0.25) is 0 Å². The summed E-state index contributed by atoms with van der Waals surface area (Å²) >= 11 is 0. The monoisotopic (exact) mass is 214 g/mol. The maximum atomic E-state index is 11.7. The van der Waals surface area contributed by atoms with E-state index >= 15 is 0 Å². The fraction of sp³-hybridized carbons (Fsp3) is 0.909. The van der Waals surface area contributed by atoms with Crippen molar-refractivity contribution in [3.8, 4) is 0 Å². The van der Waals surface area contributed by atoms with Gasteiger partial charge in [0.15, 0.2) is 0 Å². The predicted octanol–water partition coefficient (Wildman–Crippen LogP) is 0.622. The second kappa shape index (κ2) is 6.08. The second-order valence-electron chi connectivity index (χ2n) is 3.95. The third-order valence-corrected chi connectivity index (χ3v) is 3.01. The Morgan fingerprint density at radius 1 is 1.60 bits per heavy atom. The van der Waals surface area contributed by atoms with Crippen LogP contribution in [0.2, 0.25) is 0 Å². The van der Waals surface area contributed by atoms with Gasteiger partial charge in [-0.1, -0.05) is 6.92 Å². The van der Waals surface area contributed by atoms with E-state index in [4.69, 9.17) is 4.74 Å². The van der Waals surface area contributed by atoms with Crippen LogP contribution < -0.4 is 5.32 Å². The van der Waals surface area contributed by atoms with E-state index in [2.05, 4.69) is 10.2 Å². The third kappa shape index (κ3) is 3.18. The Balaban J connectivity index is 2.48. The van der Waals surface area contributed by atoms with Gasteiger partial charge in [-0.15, -0.1) is 0 Å². The summed E-state index contributed by atoms with van der Waals surface area (Å²) in [4.78, 5) is 13.9. The summed E-state index contributed by atoms with van der Waals surface area (Å²) in [7, 11) is 1.97. The van der Waals surface area contributed by atoms with Gasteiger partial charge in [0, 0.05) is 19.1 Å². The van der Waals surface area contributed by atoms with Crippen LogP contribution in [0.3, 0.4) is 0 Å². The fourth-order valence-corrected chi connectivity index (χ4v) is 2.12. The summed E-state index contributed by atoms with van der Waals surface area (Å²) < 4.78 is 5.08. The van der Waals surface area contributed by atoms with Crippen LogP contribution in [-0.2, 0) is 9.53 Å². The van der Waals surface area contributed by atoms with E-state index in [1.807, 2.05) is 20.9 Å². The standard InChI is InChI=1S/C11H22N2O2/c1-4-10(11(14)15-5-2)13-7-6-9(8-13)12-3/h9-10,12H,4-8H2,1-3H3. The molecule has 0 radical (unpaired) electrons. The fourth-order valence-electron chi connectivity index (χ4n) is 2.12. The van der Waals surface area contributed by atoms with E-state index in [0.717, 1.165) is 25.9 Å². The van der Waals surface area contributed by atoms with Gasteiger partial charge in [0.25, 0.3) is 0 Å². The van der Waals surface area contributed by atoms with Gasteiger partial charge in [-0.25, -0.2) is 0 Å². The van der Waals surface area contributed by atoms with Crippen LogP contribution in [0.1, 0.15) is 26.7 Å². The number of likely N-dealkylation sites (tertiary alicyclic amines) is 1. The molecule has 1 N–H and O–H groups in total. The normalized spacial score (nSPS) is 24.1. The van der Waals surface area contributed by atoms with Crippen LogP contribution >= 0.6 is 0 Å². The molecule has 2 atom stereocenters. The smallest absolute Gasteiger partial charge is 0.323 e. The number of carbonyl (C=O) groups is 1. The molecular formula is C11H22N2O2. The molecule has 1 saturated heterocycles. The zero-order valence-electron chi connectivity index (χ0n) is 9.95. The highest BCUT2D eigenvalue weighted by Crippen LogP contribution is 2.15. The van der Waals surface area contributed by atoms with Gasteiger partial charge in [-0.2, -0.15) is 0 Å². The Morgan fingerprint density at radius 2 is 2.33 bits per heavy atom. The van der Waals surface area contributed by atoms with Crippen LogP contribution in [-0.4, -0.2) is 49.7 Å². The zero-order valence-corrected chi connectivity index (χ0v) is 9.95. The molecule has 0 amide bonds. The summed E-state index contributed by atoms with van der Waals surface area (Å²) in [6.45, 7) is 6.30. The number of carbonyl (C=O) groups excluding carboxylic acids is 1. The number of nitrogens with zero attached hydrogens (tertiary/aromatic N) is 1. The molecular weight excluding hydrogens is 192 g/mol. The average Bonchev–Trinajstić information content (AvgIpc) is 2.68. The van der Waals surface area contributed by atoms with Crippen LogP contribution in [0.5, 0.6) is 0 Å². The number of nitrogens with one attached hydrogen (secondary N) is 1. The van der Waals surface area contributed by atoms with Crippen molar-refractivity contribution in [3.63, 3.8) is 0 Å². The summed E-state index contributed by atoms with van der Waals surface area (Å²) in [6.07, 6.45) is 1.95. The van der Waals surface area contributed by atoms with Crippen molar-refractivity contribution in [2.75, 3.05) is 26.7 Å². The van der Waals surface area contributed by atoms with E-state index in [0.29, 0.717) is 12.6 Å². The molecule has 1 heterocycles. The van der Waals surface area contributed by atoms with Crippen molar-refractivity contribution in [2.45, 2.75) is 38.8 Å². The van der Waals surface area contributed by atoms with E-state index in [1.165, 1.54) is 0 Å². The van der Waals surface area contributed by atoms with Crippen molar-refractivity contribution < 1.29 is 9.53 Å². The molecule has 0 bridgehead atoms. The molecule has 1 aliphatic heterocycles. The molecule has 0 aromatic heterocycles. The van der Waals surface area contributed by atoms with Gasteiger partial charge in [0.1, 0.15) is 6.04 Å². The minimum Gasteiger partial charge on any atom is -0.465 e. The maximum Gasteiger partial charge on any atom is 0.323 e. The van der Waals surface area contributed by atoms with Gasteiger partial charge < -0.3 is 10.1 Å². The Kier molecular flexibility index (Phi) is 5.05.